The average Bonchev–Trinajstić information content (AvgIpc) is 2.38. The van der Waals surface area contributed by atoms with Gasteiger partial charge >= 0.3 is 0 Å². The molecule has 4 heteroatoms. The van der Waals surface area contributed by atoms with Gasteiger partial charge in [-0.3, -0.25) is 9.97 Å². The second kappa shape index (κ2) is 5.41. The standard InChI is InChI=1S/C13H16N4/c1-2-17-13(10-4-3-6-15-8-10)11-9-16-7-5-12(11)14/h3-9,13,17H,2H2,1H3,(H2,14,16). The second-order valence-electron chi connectivity index (χ2n) is 3.78. The van der Waals surface area contributed by atoms with Crippen LogP contribution in [-0.4, -0.2) is 16.5 Å². The second-order valence-corrected chi connectivity index (χ2v) is 3.78. The van der Waals surface area contributed by atoms with Crippen molar-refractivity contribution in [3.05, 3.63) is 54.1 Å². The third-order valence-corrected chi connectivity index (χ3v) is 2.62. The van der Waals surface area contributed by atoms with Crippen LogP contribution >= 0.6 is 0 Å². The normalized spacial score (nSPS) is 12.3. The molecule has 0 fully saturated rings. The summed E-state index contributed by atoms with van der Waals surface area (Å²) in [5.41, 5.74) is 8.81. The quantitative estimate of drug-likeness (QED) is 0.837. The molecule has 0 saturated heterocycles. The third kappa shape index (κ3) is 2.60. The summed E-state index contributed by atoms with van der Waals surface area (Å²) in [6.45, 7) is 2.92. The van der Waals surface area contributed by atoms with Crippen molar-refractivity contribution in [2.75, 3.05) is 12.3 Å². The lowest BCUT2D eigenvalue weighted by Gasteiger charge is -2.19. The van der Waals surface area contributed by atoms with Crippen molar-refractivity contribution in [3.63, 3.8) is 0 Å². The molecule has 17 heavy (non-hydrogen) atoms. The number of pyridine rings is 2. The average molecular weight is 228 g/mol. The Bertz CT molecular complexity index is 470. The van der Waals surface area contributed by atoms with Crippen molar-refractivity contribution in [2.45, 2.75) is 13.0 Å². The lowest BCUT2D eigenvalue weighted by atomic mass is 10.0. The molecule has 0 bridgehead atoms. The Labute approximate surface area is 101 Å². The molecular formula is C13H16N4. The van der Waals surface area contributed by atoms with Crippen LogP contribution < -0.4 is 11.1 Å². The first-order chi connectivity index (χ1) is 8.33. The Morgan fingerprint density at radius 2 is 2.06 bits per heavy atom. The maximum absolute atomic E-state index is 5.99. The first-order valence-electron chi connectivity index (χ1n) is 5.65. The Hall–Kier alpha value is -1.94. The van der Waals surface area contributed by atoms with E-state index in [1.807, 2.05) is 24.4 Å². The van der Waals surface area contributed by atoms with Gasteiger partial charge < -0.3 is 11.1 Å². The molecule has 2 aromatic heterocycles. The van der Waals surface area contributed by atoms with E-state index in [4.69, 9.17) is 5.73 Å². The van der Waals surface area contributed by atoms with E-state index in [2.05, 4.69) is 22.2 Å². The fraction of sp³-hybridized carbons (Fsp3) is 0.231. The highest BCUT2D eigenvalue weighted by Gasteiger charge is 2.15. The molecule has 0 aliphatic rings. The fourth-order valence-electron chi connectivity index (χ4n) is 1.82. The minimum absolute atomic E-state index is 0.0439. The van der Waals surface area contributed by atoms with Crippen LogP contribution in [-0.2, 0) is 0 Å². The summed E-state index contributed by atoms with van der Waals surface area (Å²) < 4.78 is 0. The molecule has 1 unspecified atom stereocenters. The highest BCUT2D eigenvalue weighted by atomic mass is 14.9. The van der Waals surface area contributed by atoms with Crippen molar-refractivity contribution >= 4 is 5.69 Å². The summed E-state index contributed by atoms with van der Waals surface area (Å²) in [5.74, 6) is 0. The predicted octanol–water partition coefficient (Wildman–Crippen LogP) is 1.76. The van der Waals surface area contributed by atoms with E-state index in [1.54, 1.807) is 18.6 Å². The van der Waals surface area contributed by atoms with Gasteiger partial charge in [-0.15, -0.1) is 0 Å². The number of nitrogens with two attached hydrogens (primary N) is 1. The summed E-state index contributed by atoms with van der Waals surface area (Å²) in [4.78, 5) is 8.28. The van der Waals surface area contributed by atoms with E-state index in [9.17, 15) is 0 Å². The van der Waals surface area contributed by atoms with E-state index in [-0.39, 0.29) is 6.04 Å². The molecule has 0 spiro atoms. The van der Waals surface area contributed by atoms with Gasteiger partial charge in [0, 0.05) is 36.0 Å². The van der Waals surface area contributed by atoms with Crippen LogP contribution in [0.1, 0.15) is 24.1 Å². The zero-order valence-electron chi connectivity index (χ0n) is 9.80. The zero-order valence-corrected chi connectivity index (χ0v) is 9.80. The zero-order chi connectivity index (χ0) is 12.1. The maximum atomic E-state index is 5.99. The lowest BCUT2D eigenvalue weighted by Crippen LogP contribution is -2.23. The van der Waals surface area contributed by atoms with Crippen LogP contribution in [0.15, 0.2) is 43.0 Å². The van der Waals surface area contributed by atoms with Crippen molar-refractivity contribution in [1.82, 2.24) is 15.3 Å². The molecule has 0 amide bonds. The van der Waals surface area contributed by atoms with E-state index in [0.717, 1.165) is 23.4 Å². The predicted molar refractivity (Wildman–Crippen MR) is 68.4 cm³/mol. The van der Waals surface area contributed by atoms with Gasteiger partial charge in [0.1, 0.15) is 0 Å². The summed E-state index contributed by atoms with van der Waals surface area (Å²) in [6, 6.07) is 5.82. The van der Waals surface area contributed by atoms with Gasteiger partial charge in [0.05, 0.1) is 6.04 Å². The van der Waals surface area contributed by atoms with E-state index in [0.29, 0.717) is 0 Å². The Balaban J connectivity index is 2.39. The van der Waals surface area contributed by atoms with Crippen molar-refractivity contribution < 1.29 is 0 Å². The number of hydrogen-bond acceptors (Lipinski definition) is 4. The largest absolute Gasteiger partial charge is 0.398 e. The molecule has 0 aliphatic heterocycles. The molecule has 1 atom stereocenters. The summed E-state index contributed by atoms with van der Waals surface area (Å²) in [6.07, 6.45) is 7.11. The number of nitrogen functional groups attached to an aromatic ring is 1. The minimum atomic E-state index is 0.0439. The van der Waals surface area contributed by atoms with Gasteiger partial charge in [-0.25, -0.2) is 0 Å². The van der Waals surface area contributed by atoms with E-state index < -0.39 is 0 Å². The molecule has 0 radical (unpaired) electrons. The maximum Gasteiger partial charge on any atom is 0.0627 e. The lowest BCUT2D eigenvalue weighted by molar-refractivity contribution is 0.628. The van der Waals surface area contributed by atoms with Crippen LogP contribution in [0.2, 0.25) is 0 Å². The molecule has 88 valence electrons. The molecule has 2 aromatic rings. The molecule has 0 aromatic carbocycles. The summed E-state index contributed by atoms with van der Waals surface area (Å²) >= 11 is 0. The Kier molecular flexibility index (Phi) is 3.67. The van der Waals surface area contributed by atoms with Crippen LogP contribution in [0, 0.1) is 0 Å². The van der Waals surface area contributed by atoms with Crippen LogP contribution in [0.25, 0.3) is 0 Å². The first kappa shape index (κ1) is 11.5. The number of anilines is 1. The first-order valence-corrected chi connectivity index (χ1v) is 5.65. The topological polar surface area (TPSA) is 63.8 Å². The molecule has 0 saturated carbocycles. The molecule has 3 N–H and O–H groups in total. The number of rotatable bonds is 4. The van der Waals surface area contributed by atoms with Gasteiger partial charge in [-0.1, -0.05) is 13.0 Å². The van der Waals surface area contributed by atoms with Gasteiger partial charge in [0.15, 0.2) is 0 Å². The summed E-state index contributed by atoms with van der Waals surface area (Å²) in [7, 11) is 0. The van der Waals surface area contributed by atoms with Gasteiger partial charge in [-0.05, 0) is 24.2 Å². The van der Waals surface area contributed by atoms with Crippen LogP contribution in [0.3, 0.4) is 0 Å². The molecule has 4 nitrogen and oxygen atoms in total. The molecule has 2 heterocycles. The van der Waals surface area contributed by atoms with Gasteiger partial charge in [0.25, 0.3) is 0 Å². The SMILES string of the molecule is CCNC(c1cccnc1)c1cnccc1N. The number of nitrogens with one attached hydrogen (secondary N) is 1. The van der Waals surface area contributed by atoms with Gasteiger partial charge in [0.2, 0.25) is 0 Å². The van der Waals surface area contributed by atoms with Crippen LogP contribution in [0.5, 0.6) is 0 Å². The Morgan fingerprint density at radius 3 is 2.71 bits per heavy atom. The minimum Gasteiger partial charge on any atom is -0.398 e. The number of aromatic nitrogens is 2. The molecular weight excluding hydrogens is 212 g/mol. The summed E-state index contributed by atoms with van der Waals surface area (Å²) in [5, 5.41) is 3.40. The van der Waals surface area contributed by atoms with E-state index in [1.165, 1.54) is 0 Å². The highest BCUT2D eigenvalue weighted by Crippen LogP contribution is 2.24. The number of nitrogens with zero attached hydrogens (tertiary/aromatic N) is 2. The highest BCUT2D eigenvalue weighted by molar-refractivity contribution is 5.49. The third-order valence-electron chi connectivity index (χ3n) is 2.62. The van der Waals surface area contributed by atoms with Crippen molar-refractivity contribution in [3.8, 4) is 0 Å². The van der Waals surface area contributed by atoms with Crippen molar-refractivity contribution in [2.24, 2.45) is 0 Å². The van der Waals surface area contributed by atoms with Gasteiger partial charge in [-0.2, -0.15) is 0 Å². The number of hydrogen-bond donors (Lipinski definition) is 2. The monoisotopic (exact) mass is 228 g/mol. The Morgan fingerprint density at radius 1 is 1.24 bits per heavy atom. The molecule has 0 aliphatic carbocycles. The molecule has 2 rings (SSSR count). The van der Waals surface area contributed by atoms with E-state index >= 15 is 0 Å². The smallest absolute Gasteiger partial charge is 0.0627 e. The van der Waals surface area contributed by atoms with Crippen LogP contribution in [0.4, 0.5) is 5.69 Å². The fourth-order valence-corrected chi connectivity index (χ4v) is 1.82. The van der Waals surface area contributed by atoms with Crippen molar-refractivity contribution in [1.29, 1.82) is 0 Å².